The molecule has 2 fully saturated rings. The molecule has 0 aromatic heterocycles. The largest absolute Gasteiger partial charge is 0.507 e. The highest BCUT2D eigenvalue weighted by Gasteiger charge is 2.51. The van der Waals surface area contributed by atoms with Crippen LogP contribution in [0.3, 0.4) is 0 Å². The average Bonchev–Trinajstić information content (AvgIpc) is 2.97. The van der Waals surface area contributed by atoms with Crippen LogP contribution in [0.25, 0.3) is 0 Å². The molecule has 15 heteroatoms. The number of Topliss-reactive ketones (excluding diaryl/α,β-unsaturated/α-hetero) is 1. The summed E-state index contributed by atoms with van der Waals surface area (Å²) in [7, 11) is 1.39. The molecule has 0 saturated carbocycles. The molecule has 3 aliphatic rings. The molecule has 8 N–H and O–H groups in total. The average molecular weight is 611 g/mol. The monoisotopic (exact) mass is 610 g/mol. The van der Waals surface area contributed by atoms with Crippen LogP contribution in [-0.2, 0) is 14.2 Å². The Morgan fingerprint density at radius 3 is 2.30 bits per heavy atom. The van der Waals surface area contributed by atoms with E-state index in [1.807, 2.05) is 0 Å². The summed E-state index contributed by atoms with van der Waals surface area (Å²) in [6, 6.07) is 6.89. The highest BCUT2D eigenvalue weighted by atomic mass is 16.8. The van der Waals surface area contributed by atoms with Gasteiger partial charge in [0.05, 0.1) is 26.2 Å². The molecule has 0 unspecified atom stereocenters. The van der Waals surface area contributed by atoms with Gasteiger partial charge < -0.3 is 69.3 Å². The van der Waals surface area contributed by atoms with Crippen LogP contribution >= 0.6 is 0 Å². The number of carbonyl (C=O) groups is 1. The molecule has 2 saturated heterocycles. The van der Waals surface area contributed by atoms with Crippen molar-refractivity contribution in [2.75, 3.05) is 13.7 Å². The quantitative estimate of drug-likeness (QED) is 0.185. The number of phenolic OH excluding ortho intramolecular Hbond substituents is 2. The molecule has 11 atom stereocenters. The van der Waals surface area contributed by atoms with Gasteiger partial charge in [-0.3, -0.25) is 4.79 Å². The minimum absolute atomic E-state index is 0.0592. The van der Waals surface area contributed by atoms with Gasteiger partial charge in [0.1, 0.15) is 65.5 Å². The molecular weight excluding hydrogens is 576 g/mol. The van der Waals surface area contributed by atoms with E-state index in [1.165, 1.54) is 32.2 Å². The second-order valence-corrected chi connectivity index (χ2v) is 10.6. The van der Waals surface area contributed by atoms with E-state index < -0.39 is 85.7 Å². The maximum Gasteiger partial charge on any atom is 0.229 e. The topological polar surface area (TPSA) is 234 Å². The number of rotatable bonds is 7. The van der Waals surface area contributed by atoms with Gasteiger partial charge in [0, 0.05) is 12.1 Å². The van der Waals surface area contributed by atoms with Gasteiger partial charge in [-0.25, -0.2) is 0 Å². The molecule has 0 radical (unpaired) electrons. The predicted molar refractivity (Wildman–Crippen MR) is 141 cm³/mol. The first-order chi connectivity index (χ1) is 20.4. The van der Waals surface area contributed by atoms with E-state index in [0.29, 0.717) is 5.56 Å². The van der Waals surface area contributed by atoms with Gasteiger partial charge in [-0.1, -0.05) is 6.07 Å². The number of hydrogen-bond donors (Lipinski definition) is 8. The molecule has 0 bridgehead atoms. The standard InChI is InChI=1S/C28H34O15/c1-10-21(33)23(35)25(37)27(39-10)43-26-24(36)22(34)19(9-29)42-28(26)40-12-6-14(31)20-15(32)8-17(41-18(20)7-12)11-3-4-16(38-2)13(30)5-11/h3-7,10,17,19,21-31,33-37H,8-9H2,1-2H3/t10-,17-,19-,21-,22+,23-,24+,25-,26+,27-,28-/m0/s1. The van der Waals surface area contributed by atoms with Crippen LogP contribution < -0.4 is 14.2 Å². The molecule has 43 heavy (non-hydrogen) atoms. The number of benzene rings is 2. The van der Waals surface area contributed by atoms with Gasteiger partial charge in [0.25, 0.3) is 0 Å². The number of ketones is 1. The van der Waals surface area contributed by atoms with Crippen LogP contribution in [0.5, 0.6) is 28.7 Å². The Labute approximate surface area is 245 Å². The number of methoxy groups -OCH3 is 1. The second kappa shape index (κ2) is 12.4. The lowest BCUT2D eigenvalue weighted by molar-refractivity contribution is -0.354. The maximum absolute atomic E-state index is 13.0. The Balaban J connectivity index is 1.41. The number of fused-ring (bicyclic) bond motifs is 1. The van der Waals surface area contributed by atoms with E-state index >= 15 is 0 Å². The van der Waals surface area contributed by atoms with Gasteiger partial charge in [0.15, 0.2) is 29.7 Å². The first-order valence-corrected chi connectivity index (χ1v) is 13.5. The van der Waals surface area contributed by atoms with Crippen molar-refractivity contribution < 1.29 is 74.1 Å². The zero-order chi connectivity index (χ0) is 31.2. The van der Waals surface area contributed by atoms with Crippen LogP contribution in [0.4, 0.5) is 0 Å². The van der Waals surface area contributed by atoms with E-state index in [9.17, 15) is 45.6 Å². The normalized spacial score (nSPS) is 36.0. The molecule has 5 rings (SSSR count). The van der Waals surface area contributed by atoms with Crippen LogP contribution in [0.1, 0.15) is 35.4 Å². The lowest BCUT2D eigenvalue weighted by Gasteiger charge is -2.45. The molecule has 236 valence electrons. The Kier molecular flexibility index (Phi) is 8.99. The summed E-state index contributed by atoms with van der Waals surface area (Å²) in [5.74, 6) is -1.06. The lowest BCUT2D eigenvalue weighted by Crippen LogP contribution is -2.64. The van der Waals surface area contributed by atoms with Crippen molar-refractivity contribution >= 4 is 5.78 Å². The van der Waals surface area contributed by atoms with Crippen molar-refractivity contribution in [1.29, 1.82) is 0 Å². The fourth-order valence-electron chi connectivity index (χ4n) is 5.29. The van der Waals surface area contributed by atoms with Gasteiger partial charge in [-0.05, 0) is 24.6 Å². The highest BCUT2D eigenvalue weighted by Crippen LogP contribution is 2.43. The van der Waals surface area contributed by atoms with E-state index in [4.69, 9.17) is 28.4 Å². The summed E-state index contributed by atoms with van der Waals surface area (Å²) in [4.78, 5) is 13.0. The Hall–Kier alpha value is -3.25. The molecule has 3 heterocycles. The van der Waals surface area contributed by atoms with Crippen molar-refractivity contribution in [2.24, 2.45) is 0 Å². The van der Waals surface area contributed by atoms with Gasteiger partial charge in [-0.15, -0.1) is 0 Å². The van der Waals surface area contributed by atoms with Gasteiger partial charge >= 0.3 is 0 Å². The minimum atomic E-state index is -1.76. The third kappa shape index (κ3) is 5.95. The van der Waals surface area contributed by atoms with Crippen molar-refractivity contribution in [2.45, 2.75) is 80.9 Å². The number of aromatic hydroxyl groups is 2. The summed E-state index contributed by atoms with van der Waals surface area (Å²) < 4.78 is 33.7. The molecule has 3 aliphatic heterocycles. The molecule has 0 aliphatic carbocycles. The van der Waals surface area contributed by atoms with Crippen LogP contribution in [0.2, 0.25) is 0 Å². The zero-order valence-electron chi connectivity index (χ0n) is 23.1. The van der Waals surface area contributed by atoms with Gasteiger partial charge in [-0.2, -0.15) is 0 Å². The zero-order valence-corrected chi connectivity index (χ0v) is 23.1. The number of hydrogen-bond acceptors (Lipinski definition) is 15. The first kappa shape index (κ1) is 31.2. The van der Waals surface area contributed by atoms with Crippen molar-refractivity contribution in [3.63, 3.8) is 0 Å². The third-order valence-corrected chi connectivity index (χ3v) is 7.72. The first-order valence-electron chi connectivity index (χ1n) is 13.5. The SMILES string of the molecule is COc1ccc([C@@H]2CC(=O)c3c(O)cc(O[C@H]4O[C@@H](CO)[C@@H](O)[C@@H](O)[C@H]4O[C@@H]4O[C@@H](C)[C@H](O)[C@H](O)[C@@H]4O)cc3O2)cc1O. The molecule has 2 aromatic carbocycles. The Morgan fingerprint density at radius 1 is 0.884 bits per heavy atom. The summed E-state index contributed by atoms with van der Waals surface area (Å²) in [5.41, 5.74) is 0.352. The molecule has 0 amide bonds. The Morgan fingerprint density at radius 2 is 1.63 bits per heavy atom. The van der Waals surface area contributed by atoms with Crippen LogP contribution in [0.15, 0.2) is 30.3 Å². The molecular formula is C28H34O15. The predicted octanol–water partition coefficient (Wildman–Crippen LogP) is -1.16. The van der Waals surface area contributed by atoms with Gasteiger partial charge in [0.2, 0.25) is 6.29 Å². The Bertz CT molecular complexity index is 1320. The van der Waals surface area contributed by atoms with Crippen molar-refractivity contribution in [3.8, 4) is 28.7 Å². The van der Waals surface area contributed by atoms with Crippen LogP contribution in [-0.4, -0.2) is 122 Å². The summed E-state index contributed by atoms with van der Waals surface area (Å²) in [5, 5.41) is 82.4. The second-order valence-electron chi connectivity index (χ2n) is 10.6. The van der Waals surface area contributed by atoms with Crippen LogP contribution in [0, 0.1) is 0 Å². The van der Waals surface area contributed by atoms with Crippen molar-refractivity contribution in [1.82, 2.24) is 0 Å². The fraction of sp³-hybridized carbons (Fsp3) is 0.536. The van der Waals surface area contributed by atoms with E-state index in [1.54, 1.807) is 6.07 Å². The third-order valence-electron chi connectivity index (χ3n) is 7.72. The fourth-order valence-corrected chi connectivity index (χ4v) is 5.29. The van der Waals surface area contributed by atoms with E-state index in [2.05, 4.69) is 0 Å². The van der Waals surface area contributed by atoms with E-state index in [-0.39, 0.29) is 35.0 Å². The number of ether oxygens (including phenoxy) is 6. The summed E-state index contributed by atoms with van der Waals surface area (Å²) in [6.07, 6.45) is -16.3. The summed E-state index contributed by atoms with van der Waals surface area (Å²) in [6.45, 7) is 0.699. The van der Waals surface area contributed by atoms with E-state index in [0.717, 1.165) is 6.07 Å². The molecule has 2 aromatic rings. The number of carbonyl (C=O) groups excluding carboxylic acids is 1. The number of phenols is 2. The maximum atomic E-state index is 13.0. The number of aliphatic hydroxyl groups excluding tert-OH is 6. The lowest BCUT2D eigenvalue weighted by atomic mass is 9.95. The molecule has 15 nitrogen and oxygen atoms in total. The smallest absolute Gasteiger partial charge is 0.229 e. The minimum Gasteiger partial charge on any atom is -0.507 e. The summed E-state index contributed by atoms with van der Waals surface area (Å²) >= 11 is 0. The highest BCUT2D eigenvalue weighted by molar-refractivity contribution is 6.02. The number of aliphatic hydroxyl groups is 6. The van der Waals surface area contributed by atoms with Crippen molar-refractivity contribution in [3.05, 3.63) is 41.5 Å². The molecule has 0 spiro atoms.